The maximum absolute atomic E-state index is 5.64. The second kappa shape index (κ2) is 3.87. The molecule has 0 atom stereocenters. The Bertz CT molecular complexity index is 494. The molecular formula is C12H14N2O. The van der Waals surface area contributed by atoms with Crippen LogP contribution in [0.1, 0.15) is 11.1 Å². The number of fused-ring (bicyclic) bond motifs is 1. The number of hydrogen-bond donors (Lipinski definition) is 1. The maximum Gasteiger partial charge on any atom is 0.218 e. The number of methoxy groups -OCH3 is 1. The molecule has 1 aromatic heterocycles. The average Bonchev–Trinajstić information content (AvgIpc) is 2.28. The summed E-state index contributed by atoms with van der Waals surface area (Å²) >= 11 is 0. The SMILES string of the molecule is COc1nc2c(C)cccc2cc1CN. The minimum atomic E-state index is 0.444. The minimum absolute atomic E-state index is 0.444. The molecular weight excluding hydrogens is 188 g/mol. The first-order valence-corrected chi connectivity index (χ1v) is 4.89. The van der Waals surface area contributed by atoms with Crippen LogP contribution in [0.5, 0.6) is 5.88 Å². The second-order valence-corrected chi connectivity index (χ2v) is 3.51. The molecule has 0 saturated carbocycles. The third-order valence-electron chi connectivity index (χ3n) is 2.50. The monoisotopic (exact) mass is 202 g/mol. The zero-order chi connectivity index (χ0) is 10.8. The molecule has 0 fully saturated rings. The highest BCUT2D eigenvalue weighted by Gasteiger charge is 2.06. The van der Waals surface area contributed by atoms with Gasteiger partial charge in [0.15, 0.2) is 0 Å². The van der Waals surface area contributed by atoms with Gasteiger partial charge in [-0.1, -0.05) is 18.2 Å². The van der Waals surface area contributed by atoms with Gasteiger partial charge in [0.1, 0.15) is 0 Å². The Labute approximate surface area is 88.9 Å². The Morgan fingerprint density at radius 2 is 2.20 bits per heavy atom. The van der Waals surface area contributed by atoms with E-state index in [1.807, 2.05) is 31.2 Å². The molecule has 0 radical (unpaired) electrons. The molecule has 2 rings (SSSR count). The van der Waals surface area contributed by atoms with E-state index >= 15 is 0 Å². The molecule has 0 spiro atoms. The number of pyridine rings is 1. The Morgan fingerprint density at radius 1 is 1.40 bits per heavy atom. The number of nitrogens with zero attached hydrogens (tertiary/aromatic N) is 1. The fourth-order valence-electron chi connectivity index (χ4n) is 1.70. The van der Waals surface area contributed by atoms with E-state index in [0.29, 0.717) is 12.4 Å². The zero-order valence-corrected chi connectivity index (χ0v) is 8.95. The van der Waals surface area contributed by atoms with Gasteiger partial charge in [-0.3, -0.25) is 0 Å². The van der Waals surface area contributed by atoms with Gasteiger partial charge in [0, 0.05) is 17.5 Å². The first kappa shape index (κ1) is 9.93. The molecule has 2 aromatic rings. The van der Waals surface area contributed by atoms with Crippen molar-refractivity contribution in [3.63, 3.8) is 0 Å². The molecule has 0 unspecified atom stereocenters. The van der Waals surface area contributed by atoms with Crippen LogP contribution in [0.15, 0.2) is 24.3 Å². The molecule has 1 aromatic carbocycles. The summed E-state index contributed by atoms with van der Waals surface area (Å²) in [7, 11) is 1.62. The van der Waals surface area contributed by atoms with E-state index in [4.69, 9.17) is 10.5 Å². The summed E-state index contributed by atoms with van der Waals surface area (Å²) in [6.07, 6.45) is 0. The predicted octanol–water partition coefficient (Wildman–Crippen LogP) is 2.01. The largest absolute Gasteiger partial charge is 0.481 e. The number of ether oxygens (including phenoxy) is 1. The molecule has 0 aliphatic carbocycles. The quantitative estimate of drug-likeness (QED) is 0.810. The van der Waals surface area contributed by atoms with E-state index < -0.39 is 0 Å². The summed E-state index contributed by atoms with van der Waals surface area (Å²) in [5.41, 5.74) is 8.70. The highest BCUT2D eigenvalue weighted by molar-refractivity contribution is 5.83. The van der Waals surface area contributed by atoms with E-state index in [2.05, 4.69) is 4.98 Å². The summed E-state index contributed by atoms with van der Waals surface area (Å²) in [4.78, 5) is 4.46. The molecule has 0 saturated heterocycles. The molecule has 3 heteroatoms. The van der Waals surface area contributed by atoms with Gasteiger partial charge < -0.3 is 10.5 Å². The van der Waals surface area contributed by atoms with Crippen molar-refractivity contribution in [2.24, 2.45) is 5.73 Å². The lowest BCUT2D eigenvalue weighted by Gasteiger charge is -2.08. The van der Waals surface area contributed by atoms with Crippen LogP contribution < -0.4 is 10.5 Å². The van der Waals surface area contributed by atoms with Gasteiger partial charge in [-0.05, 0) is 18.6 Å². The minimum Gasteiger partial charge on any atom is -0.481 e. The van der Waals surface area contributed by atoms with Crippen LogP contribution >= 0.6 is 0 Å². The lowest BCUT2D eigenvalue weighted by molar-refractivity contribution is 0.394. The number of aryl methyl sites for hydroxylation is 1. The lowest BCUT2D eigenvalue weighted by atomic mass is 10.1. The average molecular weight is 202 g/mol. The van der Waals surface area contributed by atoms with Gasteiger partial charge in [0.2, 0.25) is 5.88 Å². The van der Waals surface area contributed by atoms with Gasteiger partial charge in [-0.15, -0.1) is 0 Å². The normalized spacial score (nSPS) is 10.6. The third kappa shape index (κ3) is 1.66. The number of rotatable bonds is 2. The topological polar surface area (TPSA) is 48.1 Å². The van der Waals surface area contributed by atoms with Crippen LogP contribution in [0, 0.1) is 6.92 Å². The van der Waals surface area contributed by atoms with E-state index in [-0.39, 0.29) is 0 Å². The predicted molar refractivity (Wildman–Crippen MR) is 60.9 cm³/mol. The summed E-state index contributed by atoms with van der Waals surface area (Å²) in [5.74, 6) is 0.624. The van der Waals surface area contributed by atoms with Crippen molar-refractivity contribution in [3.8, 4) is 5.88 Å². The molecule has 0 aliphatic rings. The second-order valence-electron chi connectivity index (χ2n) is 3.51. The first-order valence-electron chi connectivity index (χ1n) is 4.89. The number of hydrogen-bond acceptors (Lipinski definition) is 3. The highest BCUT2D eigenvalue weighted by Crippen LogP contribution is 2.23. The van der Waals surface area contributed by atoms with Crippen molar-refractivity contribution in [3.05, 3.63) is 35.4 Å². The molecule has 1 heterocycles. The van der Waals surface area contributed by atoms with E-state index in [1.165, 1.54) is 0 Å². The van der Waals surface area contributed by atoms with Crippen molar-refractivity contribution < 1.29 is 4.74 Å². The van der Waals surface area contributed by atoms with Gasteiger partial charge >= 0.3 is 0 Å². The molecule has 78 valence electrons. The number of para-hydroxylation sites is 1. The fourth-order valence-corrected chi connectivity index (χ4v) is 1.70. The van der Waals surface area contributed by atoms with Crippen LogP contribution in [0.4, 0.5) is 0 Å². The van der Waals surface area contributed by atoms with Crippen molar-refractivity contribution >= 4 is 10.9 Å². The van der Waals surface area contributed by atoms with E-state index in [9.17, 15) is 0 Å². The van der Waals surface area contributed by atoms with Gasteiger partial charge in [0.05, 0.1) is 12.6 Å². The van der Waals surface area contributed by atoms with Crippen molar-refractivity contribution in [1.29, 1.82) is 0 Å². The van der Waals surface area contributed by atoms with Crippen LogP contribution in [0.2, 0.25) is 0 Å². The Kier molecular flexibility index (Phi) is 2.56. The van der Waals surface area contributed by atoms with Gasteiger partial charge in [-0.25, -0.2) is 4.98 Å². The molecule has 0 aliphatic heterocycles. The van der Waals surface area contributed by atoms with Crippen LogP contribution in [-0.4, -0.2) is 12.1 Å². The summed E-state index contributed by atoms with van der Waals surface area (Å²) in [6.45, 7) is 2.48. The molecule has 0 bridgehead atoms. The van der Waals surface area contributed by atoms with Crippen molar-refractivity contribution in [1.82, 2.24) is 4.98 Å². The van der Waals surface area contributed by atoms with Crippen LogP contribution in [-0.2, 0) is 6.54 Å². The maximum atomic E-state index is 5.64. The van der Waals surface area contributed by atoms with Crippen LogP contribution in [0.25, 0.3) is 10.9 Å². The zero-order valence-electron chi connectivity index (χ0n) is 8.95. The smallest absolute Gasteiger partial charge is 0.218 e. The Hall–Kier alpha value is -1.61. The molecule has 3 nitrogen and oxygen atoms in total. The summed E-state index contributed by atoms with van der Waals surface area (Å²) in [5, 5.41) is 1.11. The molecule has 15 heavy (non-hydrogen) atoms. The Morgan fingerprint density at radius 3 is 2.87 bits per heavy atom. The lowest BCUT2D eigenvalue weighted by Crippen LogP contribution is -2.02. The number of aromatic nitrogens is 1. The molecule has 2 N–H and O–H groups in total. The number of benzene rings is 1. The van der Waals surface area contributed by atoms with E-state index in [1.54, 1.807) is 7.11 Å². The summed E-state index contributed by atoms with van der Waals surface area (Å²) in [6, 6.07) is 8.13. The third-order valence-corrected chi connectivity index (χ3v) is 2.50. The molecule has 0 amide bonds. The van der Waals surface area contributed by atoms with Gasteiger partial charge in [0.25, 0.3) is 0 Å². The standard InChI is InChI=1S/C12H14N2O/c1-8-4-3-5-9-6-10(7-13)12(15-2)14-11(8)9/h3-6H,7,13H2,1-2H3. The first-order chi connectivity index (χ1) is 7.26. The summed E-state index contributed by atoms with van der Waals surface area (Å²) < 4.78 is 5.21. The van der Waals surface area contributed by atoms with Crippen molar-refractivity contribution in [2.75, 3.05) is 7.11 Å². The van der Waals surface area contributed by atoms with E-state index in [0.717, 1.165) is 22.0 Å². The number of nitrogens with two attached hydrogens (primary N) is 1. The van der Waals surface area contributed by atoms with Gasteiger partial charge in [-0.2, -0.15) is 0 Å². The fraction of sp³-hybridized carbons (Fsp3) is 0.250. The van der Waals surface area contributed by atoms with Crippen molar-refractivity contribution in [2.45, 2.75) is 13.5 Å². The highest BCUT2D eigenvalue weighted by atomic mass is 16.5. The Balaban J connectivity index is 2.75. The van der Waals surface area contributed by atoms with Crippen LogP contribution in [0.3, 0.4) is 0 Å².